The van der Waals surface area contributed by atoms with Gasteiger partial charge in [-0.25, -0.2) is 9.97 Å². The van der Waals surface area contributed by atoms with Gasteiger partial charge in [-0.1, -0.05) is 0 Å². The molecule has 1 saturated carbocycles. The lowest BCUT2D eigenvalue weighted by Gasteiger charge is -2.22. The zero-order valence-corrected chi connectivity index (χ0v) is 15.4. The van der Waals surface area contributed by atoms with Crippen LogP contribution in [-0.2, 0) is 5.54 Å². The Kier molecular flexibility index (Phi) is 4.19. The lowest BCUT2D eigenvalue weighted by atomic mass is 9.98. The highest BCUT2D eigenvalue weighted by molar-refractivity contribution is 6.01. The second-order valence-corrected chi connectivity index (χ2v) is 7.72. The van der Waals surface area contributed by atoms with Crippen molar-refractivity contribution >= 4 is 5.78 Å². The van der Waals surface area contributed by atoms with E-state index >= 15 is 0 Å². The first kappa shape index (κ1) is 17.3. The van der Waals surface area contributed by atoms with Gasteiger partial charge in [0.2, 0.25) is 5.78 Å². The van der Waals surface area contributed by atoms with E-state index in [1.807, 2.05) is 17.7 Å². The van der Waals surface area contributed by atoms with Gasteiger partial charge in [0.05, 0.1) is 17.3 Å². The van der Waals surface area contributed by atoms with Crippen molar-refractivity contribution in [1.82, 2.24) is 19.7 Å². The molecule has 25 heavy (non-hydrogen) atoms. The number of aryl methyl sites for hydroxylation is 2. The van der Waals surface area contributed by atoms with Gasteiger partial charge in [0, 0.05) is 17.3 Å². The van der Waals surface area contributed by atoms with Gasteiger partial charge < -0.3 is 0 Å². The fourth-order valence-electron chi connectivity index (χ4n) is 3.02. The second kappa shape index (κ2) is 6.07. The Balaban J connectivity index is 2.00. The summed E-state index contributed by atoms with van der Waals surface area (Å²) in [5, 5.41) is 14.1. The molecule has 2 aromatic rings. The van der Waals surface area contributed by atoms with Crippen molar-refractivity contribution in [3.63, 3.8) is 0 Å². The van der Waals surface area contributed by atoms with E-state index in [-0.39, 0.29) is 11.3 Å². The molecule has 0 radical (unpaired) electrons. The van der Waals surface area contributed by atoms with Crippen LogP contribution in [0.5, 0.6) is 0 Å². The first-order chi connectivity index (χ1) is 11.7. The highest BCUT2D eigenvalue weighted by Gasteiger charge is 2.34. The summed E-state index contributed by atoms with van der Waals surface area (Å²) in [6, 6.07) is 5.65. The lowest BCUT2D eigenvalue weighted by molar-refractivity contribution is 0.0971. The summed E-state index contributed by atoms with van der Waals surface area (Å²) in [6.45, 7) is 9.79. The van der Waals surface area contributed by atoms with Crippen molar-refractivity contribution in [3.8, 4) is 6.07 Å². The lowest BCUT2D eigenvalue weighted by Crippen LogP contribution is -2.25. The Labute approximate surface area is 147 Å². The van der Waals surface area contributed by atoms with Gasteiger partial charge in [-0.15, -0.1) is 0 Å². The topological polar surface area (TPSA) is 84.5 Å². The van der Waals surface area contributed by atoms with Gasteiger partial charge in [0.1, 0.15) is 11.5 Å². The van der Waals surface area contributed by atoms with Crippen molar-refractivity contribution in [1.29, 1.82) is 5.26 Å². The van der Waals surface area contributed by atoms with Crippen molar-refractivity contribution in [3.05, 3.63) is 40.7 Å². The minimum Gasteiger partial charge on any atom is -0.290 e. The predicted molar refractivity (Wildman–Crippen MR) is 93.4 cm³/mol. The molecular formula is C19H23N5O. The second-order valence-electron chi connectivity index (χ2n) is 7.72. The number of rotatable bonds is 4. The van der Waals surface area contributed by atoms with Crippen molar-refractivity contribution in [2.45, 2.75) is 64.8 Å². The average molecular weight is 337 g/mol. The molecule has 0 aliphatic heterocycles. The summed E-state index contributed by atoms with van der Waals surface area (Å²) >= 11 is 0. The van der Waals surface area contributed by atoms with Crippen LogP contribution < -0.4 is 0 Å². The molecule has 3 rings (SSSR count). The van der Waals surface area contributed by atoms with Crippen LogP contribution in [-0.4, -0.2) is 25.5 Å². The monoisotopic (exact) mass is 337 g/mol. The standard InChI is InChI=1S/C19H23N5O/c1-11-8-15(22-12(2)21-11)14(10-20)18(25)16-9-17(13-6-7-13)24(23-16)19(3,4)5/h8-9,13-14H,6-7H2,1-5H3/t14-/m1/s1. The number of carbonyl (C=O) groups is 1. The number of hydrogen-bond donors (Lipinski definition) is 0. The molecular weight excluding hydrogens is 314 g/mol. The molecule has 6 heteroatoms. The molecule has 2 heterocycles. The maximum Gasteiger partial charge on any atom is 0.206 e. The fourth-order valence-corrected chi connectivity index (χ4v) is 3.02. The summed E-state index contributed by atoms with van der Waals surface area (Å²) in [7, 11) is 0. The van der Waals surface area contributed by atoms with E-state index in [2.05, 4.69) is 41.9 Å². The van der Waals surface area contributed by atoms with Crippen molar-refractivity contribution in [2.75, 3.05) is 0 Å². The van der Waals surface area contributed by atoms with Gasteiger partial charge in [-0.3, -0.25) is 9.48 Å². The van der Waals surface area contributed by atoms with Crippen LogP contribution in [0.25, 0.3) is 0 Å². The van der Waals surface area contributed by atoms with Gasteiger partial charge in [0.15, 0.2) is 5.92 Å². The SMILES string of the molecule is Cc1cc([C@@H](C#N)C(=O)c2cc(C3CC3)n(C(C)(C)C)n2)nc(C)n1. The summed E-state index contributed by atoms with van der Waals surface area (Å²) in [6.07, 6.45) is 2.25. The molecule has 1 fully saturated rings. The predicted octanol–water partition coefficient (Wildman–Crippen LogP) is 3.41. The maximum atomic E-state index is 13.0. The number of aromatic nitrogens is 4. The zero-order chi connectivity index (χ0) is 18.4. The van der Waals surface area contributed by atoms with E-state index in [9.17, 15) is 10.1 Å². The fraction of sp³-hybridized carbons (Fsp3) is 0.526. The van der Waals surface area contributed by atoms with Crippen LogP contribution in [0, 0.1) is 25.2 Å². The van der Waals surface area contributed by atoms with Crippen LogP contribution in [0.4, 0.5) is 0 Å². The number of hydrogen-bond acceptors (Lipinski definition) is 5. The van der Waals surface area contributed by atoms with E-state index in [0.29, 0.717) is 23.1 Å². The summed E-state index contributed by atoms with van der Waals surface area (Å²) < 4.78 is 1.93. The first-order valence-corrected chi connectivity index (χ1v) is 8.57. The summed E-state index contributed by atoms with van der Waals surface area (Å²) in [4.78, 5) is 21.5. The Morgan fingerprint density at radius 2 is 1.96 bits per heavy atom. The molecule has 0 aromatic carbocycles. The molecule has 0 bridgehead atoms. The Morgan fingerprint density at radius 3 is 2.48 bits per heavy atom. The molecule has 2 aromatic heterocycles. The molecule has 1 aliphatic carbocycles. The normalized spacial score (nSPS) is 15.7. The third kappa shape index (κ3) is 3.46. The number of ketones is 1. The third-order valence-corrected chi connectivity index (χ3v) is 4.29. The van der Waals surface area contributed by atoms with Gasteiger partial charge in [0.25, 0.3) is 0 Å². The Bertz CT molecular complexity index is 845. The Hall–Kier alpha value is -2.55. The molecule has 0 saturated heterocycles. The minimum atomic E-state index is -0.962. The number of Topliss-reactive ketones (excluding diaryl/α,β-unsaturated/α-hetero) is 1. The molecule has 1 aliphatic rings. The highest BCUT2D eigenvalue weighted by Crippen LogP contribution is 2.42. The highest BCUT2D eigenvalue weighted by atomic mass is 16.1. The Morgan fingerprint density at radius 1 is 1.28 bits per heavy atom. The summed E-state index contributed by atoms with van der Waals surface area (Å²) in [5.74, 6) is -0.236. The minimum absolute atomic E-state index is 0.208. The average Bonchev–Trinajstić information content (AvgIpc) is 3.24. The van der Waals surface area contributed by atoms with Crippen LogP contribution in [0.3, 0.4) is 0 Å². The van der Waals surface area contributed by atoms with Crippen molar-refractivity contribution in [2.24, 2.45) is 0 Å². The van der Waals surface area contributed by atoms with Gasteiger partial charge in [-0.2, -0.15) is 10.4 Å². The molecule has 0 spiro atoms. The zero-order valence-electron chi connectivity index (χ0n) is 15.4. The molecule has 0 unspecified atom stereocenters. The van der Waals surface area contributed by atoms with Crippen LogP contribution in [0.2, 0.25) is 0 Å². The van der Waals surface area contributed by atoms with E-state index in [1.54, 1.807) is 13.0 Å². The van der Waals surface area contributed by atoms with Gasteiger partial charge >= 0.3 is 0 Å². The van der Waals surface area contributed by atoms with Crippen LogP contribution in [0.15, 0.2) is 12.1 Å². The first-order valence-electron chi connectivity index (χ1n) is 8.57. The van der Waals surface area contributed by atoms with E-state index in [1.165, 1.54) is 0 Å². The number of nitrogens with zero attached hydrogens (tertiary/aromatic N) is 5. The largest absolute Gasteiger partial charge is 0.290 e. The van der Waals surface area contributed by atoms with E-state index in [4.69, 9.17) is 0 Å². The molecule has 0 N–H and O–H groups in total. The molecule has 1 atom stereocenters. The summed E-state index contributed by atoms with van der Waals surface area (Å²) in [5.41, 5.74) is 2.41. The quantitative estimate of drug-likeness (QED) is 0.798. The maximum absolute atomic E-state index is 13.0. The van der Waals surface area contributed by atoms with Crippen LogP contribution >= 0.6 is 0 Å². The molecule has 6 nitrogen and oxygen atoms in total. The van der Waals surface area contributed by atoms with Gasteiger partial charge in [-0.05, 0) is 59.6 Å². The molecule has 130 valence electrons. The van der Waals surface area contributed by atoms with E-state index < -0.39 is 5.92 Å². The number of carbonyl (C=O) groups excluding carboxylic acids is 1. The smallest absolute Gasteiger partial charge is 0.206 e. The van der Waals surface area contributed by atoms with E-state index in [0.717, 1.165) is 24.2 Å². The van der Waals surface area contributed by atoms with Crippen LogP contribution in [0.1, 0.15) is 78.8 Å². The molecule has 0 amide bonds. The number of nitriles is 1. The van der Waals surface area contributed by atoms with Crippen molar-refractivity contribution < 1.29 is 4.79 Å². The third-order valence-electron chi connectivity index (χ3n) is 4.29.